The Kier molecular flexibility index (Phi) is 5.93. The molecule has 8 heteroatoms. The van der Waals surface area contributed by atoms with Crippen molar-refractivity contribution >= 4 is 29.1 Å². The van der Waals surface area contributed by atoms with E-state index in [0.717, 1.165) is 5.56 Å². The molecule has 27 heavy (non-hydrogen) atoms. The molecule has 3 rings (SSSR count). The molecular weight excluding hydrogens is 374 g/mol. The molecule has 0 saturated carbocycles. The van der Waals surface area contributed by atoms with Crippen molar-refractivity contribution in [3.05, 3.63) is 58.6 Å². The van der Waals surface area contributed by atoms with Crippen molar-refractivity contribution in [3.8, 4) is 11.5 Å². The molecule has 0 aromatic heterocycles. The number of oxime groups is 1. The highest BCUT2D eigenvalue weighted by Crippen LogP contribution is 2.32. The highest BCUT2D eigenvalue weighted by Gasteiger charge is 2.14. The van der Waals surface area contributed by atoms with Gasteiger partial charge in [-0.2, -0.15) is 0 Å². The number of carbonyl (C=O) groups excluding carboxylic acids is 2. The van der Waals surface area contributed by atoms with Gasteiger partial charge in [-0.15, -0.1) is 0 Å². The molecule has 0 bridgehead atoms. The number of hydrogen-bond acceptors (Lipinski definition) is 7. The van der Waals surface area contributed by atoms with Gasteiger partial charge in [0.05, 0.1) is 5.71 Å². The molecule has 0 saturated heterocycles. The van der Waals surface area contributed by atoms with Crippen LogP contribution in [0.25, 0.3) is 0 Å². The Labute approximate surface area is 160 Å². The van der Waals surface area contributed by atoms with Gasteiger partial charge in [-0.25, -0.2) is 4.79 Å². The Hall–Kier alpha value is -3.06. The lowest BCUT2D eigenvalue weighted by Crippen LogP contribution is -2.17. The van der Waals surface area contributed by atoms with Crippen molar-refractivity contribution in [1.82, 2.24) is 0 Å². The summed E-state index contributed by atoms with van der Waals surface area (Å²) in [6.45, 7) is 1.13. The van der Waals surface area contributed by atoms with E-state index in [1.807, 2.05) is 0 Å². The molecule has 1 heterocycles. The Bertz CT molecular complexity index is 878. The van der Waals surface area contributed by atoms with Crippen LogP contribution >= 0.6 is 11.6 Å². The van der Waals surface area contributed by atoms with Crippen LogP contribution in [0.3, 0.4) is 0 Å². The van der Waals surface area contributed by atoms with Crippen LogP contribution in [0.2, 0.25) is 5.02 Å². The second-order valence-electron chi connectivity index (χ2n) is 5.61. The quantitative estimate of drug-likeness (QED) is 0.313. The van der Waals surface area contributed by atoms with Crippen LogP contribution in [0, 0.1) is 0 Å². The maximum Gasteiger partial charge on any atom is 0.347 e. The smallest absolute Gasteiger partial charge is 0.347 e. The van der Waals surface area contributed by atoms with Crippen LogP contribution in [0.1, 0.15) is 22.8 Å². The van der Waals surface area contributed by atoms with Crippen molar-refractivity contribution < 1.29 is 28.6 Å². The van der Waals surface area contributed by atoms with Crippen LogP contribution in [0.4, 0.5) is 0 Å². The maximum atomic E-state index is 11.9. The van der Waals surface area contributed by atoms with Crippen molar-refractivity contribution in [2.24, 2.45) is 5.16 Å². The van der Waals surface area contributed by atoms with Crippen LogP contribution in [0.5, 0.6) is 11.5 Å². The molecule has 0 fully saturated rings. The van der Waals surface area contributed by atoms with E-state index in [1.54, 1.807) is 49.4 Å². The minimum atomic E-state index is -0.695. The fourth-order valence-corrected chi connectivity index (χ4v) is 2.39. The van der Waals surface area contributed by atoms with Crippen LogP contribution in [-0.2, 0) is 14.4 Å². The first-order valence-electron chi connectivity index (χ1n) is 8.04. The second kappa shape index (κ2) is 8.55. The van der Waals surface area contributed by atoms with Gasteiger partial charge in [0, 0.05) is 16.1 Å². The van der Waals surface area contributed by atoms with Crippen LogP contribution < -0.4 is 9.47 Å². The first-order valence-corrected chi connectivity index (χ1v) is 8.41. The van der Waals surface area contributed by atoms with Gasteiger partial charge in [0.15, 0.2) is 23.9 Å². The third-order valence-corrected chi connectivity index (χ3v) is 3.96. The first kappa shape index (κ1) is 18.7. The molecule has 140 valence electrons. The molecule has 2 aromatic rings. The average Bonchev–Trinajstić information content (AvgIpc) is 3.14. The summed E-state index contributed by atoms with van der Waals surface area (Å²) in [7, 11) is 0. The Morgan fingerprint density at radius 1 is 1.04 bits per heavy atom. The first-order chi connectivity index (χ1) is 13.0. The second-order valence-corrected chi connectivity index (χ2v) is 6.05. The zero-order valence-electron chi connectivity index (χ0n) is 14.4. The van der Waals surface area contributed by atoms with E-state index in [-0.39, 0.29) is 19.2 Å². The normalized spacial score (nSPS) is 12.6. The zero-order chi connectivity index (χ0) is 19.2. The van der Waals surface area contributed by atoms with Gasteiger partial charge in [0.1, 0.15) is 0 Å². The Balaban J connectivity index is 1.45. The molecule has 0 radical (unpaired) electrons. The van der Waals surface area contributed by atoms with E-state index in [9.17, 15) is 9.59 Å². The largest absolute Gasteiger partial charge is 0.455 e. The molecular formula is C19H16ClNO6. The van der Waals surface area contributed by atoms with E-state index >= 15 is 0 Å². The minimum Gasteiger partial charge on any atom is -0.455 e. The lowest BCUT2D eigenvalue weighted by atomic mass is 10.1. The Morgan fingerprint density at radius 2 is 1.74 bits per heavy atom. The number of esters is 1. The molecule has 2 aromatic carbocycles. The number of benzene rings is 2. The molecule has 0 spiro atoms. The minimum absolute atomic E-state index is 0.187. The number of ketones is 1. The van der Waals surface area contributed by atoms with E-state index in [0.29, 0.717) is 27.8 Å². The number of fused-ring (bicyclic) bond motifs is 1. The van der Waals surface area contributed by atoms with Crippen molar-refractivity contribution in [3.63, 3.8) is 0 Å². The van der Waals surface area contributed by atoms with Crippen molar-refractivity contribution in [2.45, 2.75) is 6.92 Å². The fourth-order valence-electron chi connectivity index (χ4n) is 2.26. The summed E-state index contributed by atoms with van der Waals surface area (Å²) in [5.74, 6) is 0.267. The number of Topliss-reactive ketones (excluding diaryl/α,β-unsaturated/α-hetero) is 1. The fraction of sp³-hybridized carbons (Fsp3) is 0.211. The lowest BCUT2D eigenvalue weighted by molar-refractivity contribution is -0.147. The number of halogens is 1. The summed E-state index contributed by atoms with van der Waals surface area (Å²) in [5.41, 5.74) is 1.73. The number of nitrogens with zero attached hydrogens (tertiary/aromatic N) is 1. The summed E-state index contributed by atoms with van der Waals surface area (Å²) in [6.07, 6.45) is 0. The third kappa shape index (κ3) is 4.98. The third-order valence-electron chi connectivity index (χ3n) is 3.70. The molecule has 0 N–H and O–H groups in total. The van der Waals surface area contributed by atoms with Crippen LogP contribution in [-0.4, -0.2) is 37.5 Å². The maximum absolute atomic E-state index is 11.9. The topological polar surface area (TPSA) is 83.4 Å². The zero-order valence-corrected chi connectivity index (χ0v) is 15.2. The average molecular weight is 390 g/mol. The summed E-state index contributed by atoms with van der Waals surface area (Å²) in [5, 5.41) is 4.40. The molecule has 0 aliphatic carbocycles. The molecule has 0 amide bonds. The van der Waals surface area contributed by atoms with Gasteiger partial charge in [0.25, 0.3) is 0 Å². The number of rotatable bonds is 7. The van der Waals surface area contributed by atoms with E-state index in [2.05, 4.69) is 5.16 Å². The predicted molar refractivity (Wildman–Crippen MR) is 97.5 cm³/mol. The van der Waals surface area contributed by atoms with Crippen molar-refractivity contribution in [2.75, 3.05) is 20.0 Å². The lowest BCUT2D eigenvalue weighted by Gasteiger charge is -2.05. The molecule has 0 atom stereocenters. The number of hydrogen-bond donors (Lipinski definition) is 0. The number of carbonyl (C=O) groups is 2. The monoisotopic (exact) mass is 389 g/mol. The molecule has 1 aliphatic heterocycles. The highest BCUT2D eigenvalue weighted by atomic mass is 35.5. The summed E-state index contributed by atoms with van der Waals surface area (Å²) < 4.78 is 15.4. The SMILES string of the molecule is C/C(=N\OCC(=O)OCC(=O)c1ccc(Cl)cc1)c1ccc2c(c1)OCO2. The van der Waals surface area contributed by atoms with Gasteiger partial charge in [-0.3, -0.25) is 4.79 Å². The van der Waals surface area contributed by atoms with Gasteiger partial charge < -0.3 is 19.0 Å². The van der Waals surface area contributed by atoms with E-state index in [1.165, 1.54) is 0 Å². The van der Waals surface area contributed by atoms with Gasteiger partial charge >= 0.3 is 5.97 Å². The molecule has 7 nitrogen and oxygen atoms in total. The van der Waals surface area contributed by atoms with Gasteiger partial charge in [-0.1, -0.05) is 16.8 Å². The van der Waals surface area contributed by atoms with E-state index < -0.39 is 12.6 Å². The summed E-state index contributed by atoms with van der Waals surface area (Å²) in [4.78, 5) is 28.6. The molecule has 0 unspecified atom stereocenters. The summed E-state index contributed by atoms with van der Waals surface area (Å²) in [6, 6.07) is 11.7. The van der Waals surface area contributed by atoms with Crippen LogP contribution in [0.15, 0.2) is 47.6 Å². The molecule has 1 aliphatic rings. The standard InChI is InChI=1S/C19H16ClNO6/c1-12(14-4-7-17-18(8-14)26-11-25-17)21-27-10-19(23)24-9-16(22)13-2-5-15(20)6-3-13/h2-8H,9-11H2,1H3/b21-12+. The predicted octanol–water partition coefficient (Wildman–Crippen LogP) is 3.24. The van der Waals surface area contributed by atoms with Gasteiger partial charge in [0.2, 0.25) is 13.4 Å². The number of ether oxygens (including phenoxy) is 3. The van der Waals surface area contributed by atoms with Crippen molar-refractivity contribution in [1.29, 1.82) is 0 Å². The summed E-state index contributed by atoms with van der Waals surface area (Å²) >= 11 is 5.76. The van der Waals surface area contributed by atoms with Gasteiger partial charge in [-0.05, 0) is 49.4 Å². The Morgan fingerprint density at radius 3 is 2.52 bits per heavy atom. The van der Waals surface area contributed by atoms with E-state index in [4.69, 9.17) is 30.6 Å². The highest BCUT2D eigenvalue weighted by molar-refractivity contribution is 6.30.